The summed E-state index contributed by atoms with van der Waals surface area (Å²) in [6.07, 6.45) is 0. The van der Waals surface area contributed by atoms with Crippen molar-refractivity contribution in [3.8, 4) is 0 Å². The molecule has 0 saturated carbocycles. The number of fused-ring (bicyclic) bond motifs is 2. The van der Waals surface area contributed by atoms with E-state index >= 15 is 0 Å². The van der Waals surface area contributed by atoms with Crippen molar-refractivity contribution in [2.45, 2.75) is 33.1 Å². The normalized spacial score (nSPS) is 16.2. The van der Waals surface area contributed by atoms with Crippen LogP contribution in [-0.4, -0.2) is 0 Å². The Hall–Kier alpha value is -1.76. The summed E-state index contributed by atoms with van der Waals surface area (Å²) in [6, 6.07) is 17.3. The zero-order chi connectivity index (χ0) is 13.7. The zero-order valence-corrected chi connectivity index (χ0v) is 12.1. The number of benzene rings is 2. The van der Waals surface area contributed by atoms with Crippen molar-refractivity contribution < 1.29 is 0 Å². The van der Waals surface area contributed by atoms with Crippen molar-refractivity contribution >= 4 is 11.4 Å². The van der Waals surface area contributed by atoms with Crippen molar-refractivity contribution in [3.63, 3.8) is 0 Å². The third-order valence-electron chi connectivity index (χ3n) is 4.70. The molecule has 1 heteroatoms. The fourth-order valence-corrected chi connectivity index (χ4v) is 3.15. The quantitative estimate of drug-likeness (QED) is 0.687. The van der Waals surface area contributed by atoms with E-state index in [1.165, 1.54) is 22.5 Å². The minimum Gasteiger partial charge on any atom is -0.355 e. The predicted molar refractivity (Wildman–Crippen MR) is 82.1 cm³/mol. The van der Waals surface area contributed by atoms with Crippen LogP contribution in [0.1, 0.15) is 38.8 Å². The molecule has 19 heavy (non-hydrogen) atoms. The molecule has 2 aromatic carbocycles. The van der Waals surface area contributed by atoms with Gasteiger partial charge in [0.25, 0.3) is 0 Å². The van der Waals surface area contributed by atoms with Gasteiger partial charge in [0.2, 0.25) is 0 Å². The Labute approximate surface area is 115 Å². The van der Waals surface area contributed by atoms with E-state index in [1.807, 2.05) is 0 Å². The second kappa shape index (κ2) is 3.86. The lowest BCUT2D eigenvalue weighted by molar-refractivity contribution is 0.249. The van der Waals surface area contributed by atoms with Gasteiger partial charge < -0.3 is 5.32 Å². The molecule has 0 radical (unpaired) electrons. The molecule has 98 valence electrons. The third-order valence-corrected chi connectivity index (χ3v) is 4.70. The van der Waals surface area contributed by atoms with Gasteiger partial charge in [0, 0.05) is 16.8 Å². The zero-order valence-electron chi connectivity index (χ0n) is 12.1. The summed E-state index contributed by atoms with van der Waals surface area (Å²) < 4.78 is 0. The van der Waals surface area contributed by atoms with Crippen LogP contribution in [0.15, 0.2) is 48.5 Å². The molecule has 2 aromatic rings. The van der Waals surface area contributed by atoms with Gasteiger partial charge in [0.1, 0.15) is 0 Å². The van der Waals surface area contributed by atoms with Crippen LogP contribution < -0.4 is 5.32 Å². The van der Waals surface area contributed by atoms with Crippen LogP contribution in [0.3, 0.4) is 0 Å². The number of hydrogen-bond acceptors (Lipinski definition) is 1. The van der Waals surface area contributed by atoms with Crippen LogP contribution in [0.5, 0.6) is 0 Å². The van der Waals surface area contributed by atoms with Crippen molar-refractivity contribution in [1.82, 2.24) is 0 Å². The van der Waals surface area contributed by atoms with Gasteiger partial charge in [-0.1, -0.05) is 64.1 Å². The summed E-state index contributed by atoms with van der Waals surface area (Å²) in [6.45, 7) is 9.34. The van der Waals surface area contributed by atoms with E-state index in [0.29, 0.717) is 0 Å². The number of rotatable bonds is 0. The van der Waals surface area contributed by atoms with Crippen LogP contribution in [0, 0.1) is 5.41 Å². The van der Waals surface area contributed by atoms with Crippen molar-refractivity contribution in [3.05, 3.63) is 59.7 Å². The van der Waals surface area contributed by atoms with Gasteiger partial charge >= 0.3 is 0 Å². The molecule has 1 N–H and O–H groups in total. The minimum atomic E-state index is 0.0193. The molecule has 0 aliphatic carbocycles. The van der Waals surface area contributed by atoms with E-state index < -0.39 is 0 Å². The molecule has 0 bridgehead atoms. The molecular formula is C18H21N. The van der Waals surface area contributed by atoms with Crippen molar-refractivity contribution in [1.29, 1.82) is 0 Å². The Morgan fingerprint density at radius 3 is 1.63 bits per heavy atom. The van der Waals surface area contributed by atoms with Crippen molar-refractivity contribution in [2.75, 3.05) is 5.32 Å². The number of anilines is 2. The molecule has 1 aliphatic heterocycles. The van der Waals surface area contributed by atoms with E-state index in [0.717, 1.165) is 0 Å². The fraction of sp³-hybridized carbons (Fsp3) is 0.333. The average molecular weight is 251 g/mol. The van der Waals surface area contributed by atoms with Crippen molar-refractivity contribution in [2.24, 2.45) is 5.41 Å². The van der Waals surface area contributed by atoms with E-state index in [1.54, 1.807) is 0 Å². The lowest BCUT2D eigenvalue weighted by Crippen LogP contribution is -2.41. The van der Waals surface area contributed by atoms with Gasteiger partial charge in [-0.25, -0.2) is 0 Å². The SMILES string of the molecule is CC(C)(C)C1(C)c2ccccc2Nc2ccccc21. The molecule has 1 aliphatic rings. The smallest absolute Gasteiger partial charge is 0.0426 e. The van der Waals surface area contributed by atoms with Gasteiger partial charge in [-0.3, -0.25) is 0 Å². The second-order valence-electron chi connectivity index (χ2n) is 6.59. The molecular weight excluding hydrogens is 230 g/mol. The predicted octanol–water partition coefficient (Wildman–Crippen LogP) is 5.10. The minimum absolute atomic E-state index is 0.0193. The van der Waals surface area contributed by atoms with E-state index in [4.69, 9.17) is 0 Å². The average Bonchev–Trinajstić information content (AvgIpc) is 2.38. The van der Waals surface area contributed by atoms with Gasteiger partial charge in [-0.15, -0.1) is 0 Å². The molecule has 1 nitrogen and oxygen atoms in total. The molecule has 0 fully saturated rings. The highest BCUT2D eigenvalue weighted by atomic mass is 14.9. The maximum atomic E-state index is 3.57. The Morgan fingerprint density at radius 1 is 0.789 bits per heavy atom. The van der Waals surface area contributed by atoms with Crippen LogP contribution in [0.2, 0.25) is 0 Å². The van der Waals surface area contributed by atoms with Crippen LogP contribution in [-0.2, 0) is 5.41 Å². The summed E-state index contributed by atoms with van der Waals surface area (Å²) in [4.78, 5) is 0. The van der Waals surface area contributed by atoms with Gasteiger partial charge in [-0.05, 0) is 28.7 Å². The summed E-state index contributed by atoms with van der Waals surface area (Å²) in [5.41, 5.74) is 5.42. The molecule has 0 atom stereocenters. The van der Waals surface area contributed by atoms with Gasteiger partial charge in [0.15, 0.2) is 0 Å². The summed E-state index contributed by atoms with van der Waals surface area (Å²) in [5, 5.41) is 3.57. The lowest BCUT2D eigenvalue weighted by Gasteiger charge is -2.47. The first-order valence-electron chi connectivity index (χ1n) is 6.90. The van der Waals surface area contributed by atoms with E-state index in [-0.39, 0.29) is 10.8 Å². The second-order valence-corrected chi connectivity index (χ2v) is 6.59. The number of hydrogen-bond donors (Lipinski definition) is 1. The third kappa shape index (κ3) is 1.61. The summed E-state index contributed by atoms with van der Waals surface area (Å²) in [7, 11) is 0. The maximum absolute atomic E-state index is 3.57. The number of para-hydroxylation sites is 2. The summed E-state index contributed by atoms with van der Waals surface area (Å²) >= 11 is 0. The molecule has 0 amide bonds. The van der Waals surface area contributed by atoms with E-state index in [9.17, 15) is 0 Å². The Bertz CT molecular complexity index is 574. The highest BCUT2D eigenvalue weighted by molar-refractivity contribution is 5.76. The standard InChI is InChI=1S/C18H21N/c1-17(2,3)18(4)13-9-5-7-11-15(13)19-16-12-8-6-10-14(16)18/h5-12,19H,1-4H3. The maximum Gasteiger partial charge on any atom is 0.0426 e. The lowest BCUT2D eigenvalue weighted by atomic mass is 9.58. The van der Waals surface area contributed by atoms with Gasteiger partial charge in [0.05, 0.1) is 0 Å². The Morgan fingerprint density at radius 2 is 1.21 bits per heavy atom. The molecule has 0 aromatic heterocycles. The molecule has 0 unspecified atom stereocenters. The first-order chi connectivity index (χ1) is 8.94. The molecule has 3 rings (SSSR count). The molecule has 1 heterocycles. The largest absolute Gasteiger partial charge is 0.355 e. The highest BCUT2D eigenvalue weighted by Crippen LogP contribution is 2.54. The van der Waals surface area contributed by atoms with Gasteiger partial charge in [-0.2, -0.15) is 0 Å². The van der Waals surface area contributed by atoms with Crippen LogP contribution >= 0.6 is 0 Å². The Balaban J connectivity index is 2.35. The van der Waals surface area contributed by atoms with E-state index in [2.05, 4.69) is 81.5 Å². The number of nitrogens with one attached hydrogen (secondary N) is 1. The van der Waals surface area contributed by atoms with Crippen LogP contribution in [0.4, 0.5) is 11.4 Å². The summed E-state index contributed by atoms with van der Waals surface area (Å²) in [5.74, 6) is 0. The first kappa shape index (κ1) is 12.3. The molecule has 0 spiro atoms. The Kier molecular flexibility index (Phi) is 2.50. The monoisotopic (exact) mass is 251 g/mol. The van der Waals surface area contributed by atoms with Crippen LogP contribution in [0.25, 0.3) is 0 Å². The highest BCUT2D eigenvalue weighted by Gasteiger charge is 2.45. The first-order valence-corrected chi connectivity index (χ1v) is 6.90. The molecule has 0 saturated heterocycles. The fourth-order valence-electron chi connectivity index (χ4n) is 3.15. The topological polar surface area (TPSA) is 12.0 Å².